The number of thioether (sulfide) groups is 2. The Hall–Kier alpha value is -1.93. The Balaban J connectivity index is 2.41. The van der Waals surface area contributed by atoms with E-state index in [-0.39, 0.29) is 13.3 Å². The van der Waals surface area contributed by atoms with Crippen LogP contribution in [0.5, 0.6) is 0 Å². The predicted molar refractivity (Wildman–Crippen MR) is 113 cm³/mol. The lowest BCUT2D eigenvalue weighted by molar-refractivity contribution is -0.118. The topological polar surface area (TPSA) is 179 Å². The number of aliphatic hydroxyl groups is 2. The van der Waals surface area contributed by atoms with Crippen molar-refractivity contribution in [1.29, 1.82) is 0 Å². The smallest absolute Gasteiger partial charge is 0.231 e. The molecule has 2 amide bonds. The van der Waals surface area contributed by atoms with E-state index >= 15 is 0 Å². The summed E-state index contributed by atoms with van der Waals surface area (Å²) in [7, 11) is 0. The van der Waals surface area contributed by atoms with Crippen LogP contribution in [-0.2, 0) is 21.1 Å². The van der Waals surface area contributed by atoms with Crippen molar-refractivity contribution < 1.29 is 24.5 Å². The van der Waals surface area contributed by atoms with Crippen LogP contribution in [0.15, 0.2) is 16.4 Å². The second-order valence-electron chi connectivity index (χ2n) is 6.36. The molecular formula is C17H26N6O5S2. The zero-order valence-corrected chi connectivity index (χ0v) is 18.4. The van der Waals surface area contributed by atoms with Gasteiger partial charge in [0.1, 0.15) is 17.9 Å². The van der Waals surface area contributed by atoms with Gasteiger partial charge in [-0.3, -0.25) is 9.59 Å². The quantitative estimate of drug-likeness (QED) is 0.179. The number of hydrogen-bond acceptors (Lipinski definition) is 10. The molecule has 0 aromatic carbocycles. The summed E-state index contributed by atoms with van der Waals surface area (Å²) < 4.78 is 6.83. The summed E-state index contributed by atoms with van der Waals surface area (Å²) in [5.74, 6) is -0.931. The van der Waals surface area contributed by atoms with E-state index in [0.717, 1.165) is 11.8 Å². The molecule has 2 rings (SSSR count). The number of rotatable bonds is 13. The molecule has 3 unspecified atom stereocenters. The Labute approximate surface area is 181 Å². The van der Waals surface area contributed by atoms with Crippen molar-refractivity contribution in [3.63, 3.8) is 0 Å². The number of primary amides is 2. The zero-order valence-electron chi connectivity index (χ0n) is 16.7. The summed E-state index contributed by atoms with van der Waals surface area (Å²) in [6.07, 6.45) is 1.57. The summed E-state index contributed by atoms with van der Waals surface area (Å²) in [5.41, 5.74) is 11.4. The highest BCUT2D eigenvalue weighted by Gasteiger charge is 2.23. The Bertz CT molecular complexity index is 880. The SMILES string of the molecule is CCC(Sc1nc(SC(CC)C(N)=O)c2cnn(COCC(O)CO)c2n1)C(N)=O. The molecule has 2 aromatic heterocycles. The molecule has 2 heterocycles. The first-order chi connectivity index (χ1) is 14.3. The van der Waals surface area contributed by atoms with Crippen LogP contribution in [0.25, 0.3) is 11.0 Å². The number of hydrogen-bond donors (Lipinski definition) is 4. The number of amides is 2. The van der Waals surface area contributed by atoms with E-state index in [1.54, 1.807) is 6.20 Å². The van der Waals surface area contributed by atoms with Crippen LogP contribution >= 0.6 is 23.5 Å². The molecule has 13 heteroatoms. The minimum atomic E-state index is -1.000. The van der Waals surface area contributed by atoms with E-state index in [2.05, 4.69) is 15.1 Å². The predicted octanol–water partition coefficient (Wildman–Crippen LogP) is -0.134. The van der Waals surface area contributed by atoms with E-state index < -0.39 is 35.0 Å². The van der Waals surface area contributed by atoms with Gasteiger partial charge in [-0.2, -0.15) is 5.10 Å². The summed E-state index contributed by atoms with van der Waals surface area (Å²) in [6.45, 7) is 3.17. The average molecular weight is 459 g/mol. The molecule has 0 saturated carbocycles. The number of nitrogens with zero attached hydrogens (tertiary/aromatic N) is 4. The third-order valence-electron chi connectivity index (χ3n) is 4.05. The fourth-order valence-electron chi connectivity index (χ4n) is 2.42. The largest absolute Gasteiger partial charge is 0.394 e. The second-order valence-corrected chi connectivity index (χ2v) is 8.72. The van der Waals surface area contributed by atoms with E-state index in [4.69, 9.17) is 21.3 Å². The van der Waals surface area contributed by atoms with Crippen molar-refractivity contribution >= 4 is 46.4 Å². The zero-order chi connectivity index (χ0) is 22.3. The summed E-state index contributed by atoms with van der Waals surface area (Å²) in [4.78, 5) is 32.4. The molecule has 0 aliphatic heterocycles. The molecular weight excluding hydrogens is 432 g/mol. The highest BCUT2D eigenvalue weighted by molar-refractivity contribution is 8.01. The maximum atomic E-state index is 11.7. The van der Waals surface area contributed by atoms with E-state index in [9.17, 15) is 14.7 Å². The van der Waals surface area contributed by atoms with Gasteiger partial charge in [-0.25, -0.2) is 14.6 Å². The van der Waals surface area contributed by atoms with Crippen molar-refractivity contribution in [3.8, 4) is 0 Å². The monoisotopic (exact) mass is 458 g/mol. The van der Waals surface area contributed by atoms with Gasteiger partial charge in [0.25, 0.3) is 0 Å². The molecule has 0 aliphatic carbocycles. The Morgan fingerprint density at radius 3 is 2.37 bits per heavy atom. The Kier molecular flexibility index (Phi) is 9.30. The van der Waals surface area contributed by atoms with Crippen molar-refractivity contribution in [2.75, 3.05) is 13.2 Å². The Morgan fingerprint density at radius 2 is 1.80 bits per heavy atom. The summed E-state index contributed by atoms with van der Waals surface area (Å²) >= 11 is 2.34. The minimum Gasteiger partial charge on any atom is -0.394 e. The summed E-state index contributed by atoms with van der Waals surface area (Å²) in [6, 6.07) is 0. The van der Waals surface area contributed by atoms with E-state index in [0.29, 0.717) is 34.1 Å². The van der Waals surface area contributed by atoms with Gasteiger partial charge in [-0.1, -0.05) is 37.4 Å². The van der Waals surface area contributed by atoms with Gasteiger partial charge in [0, 0.05) is 0 Å². The van der Waals surface area contributed by atoms with Crippen LogP contribution in [-0.4, -0.2) is 71.6 Å². The maximum Gasteiger partial charge on any atom is 0.231 e. The number of aromatic nitrogens is 4. The number of carbonyl (C=O) groups is 2. The normalized spacial score (nSPS) is 14.5. The molecule has 6 N–H and O–H groups in total. The van der Waals surface area contributed by atoms with Crippen LogP contribution in [0, 0.1) is 0 Å². The molecule has 0 fully saturated rings. The molecule has 0 spiro atoms. The van der Waals surface area contributed by atoms with Crippen LogP contribution in [0.4, 0.5) is 0 Å². The van der Waals surface area contributed by atoms with Crippen molar-refractivity contribution in [2.45, 2.75) is 60.2 Å². The highest BCUT2D eigenvalue weighted by Crippen LogP contribution is 2.33. The average Bonchev–Trinajstić information content (AvgIpc) is 3.12. The number of aliphatic hydroxyl groups excluding tert-OH is 2. The van der Waals surface area contributed by atoms with Crippen LogP contribution in [0.2, 0.25) is 0 Å². The minimum absolute atomic E-state index is 0.0220. The highest BCUT2D eigenvalue weighted by atomic mass is 32.2. The molecule has 0 saturated heterocycles. The lowest BCUT2D eigenvalue weighted by Crippen LogP contribution is -2.25. The van der Waals surface area contributed by atoms with Gasteiger partial charge in [-0.05, 0) is 12.8 Å². The van der Waals surface area contributed by atoms with Gasteiger partial charge >= 0.3 is 0 Å². The standard InChI is InChI=1S/C17H26N6O5S2/c1-3-11(13(18)26)29-16-10-5-20-23(8-28-7-9(25)6-24)15(10)21-17(22-16)30-12(4-2)14(19)27/h5,9,11-12,24-25H,3-4,6-8H2,1-2H3,(H2,18,26)(H2,19,27). The first-order valence-corrected chi connectivity index (χ1v) is 11.1. The molecule has 166 valence electrons. The van der Waals surface area contributed by atoms with Gasteiger partial charge in [-0.15, -0.1) is 0 Å². The number of ether oxygens (including phenoxy) is 1. The first kappa shape index (κ1) is 24.3. The van der Waals surface area contributed by atoms with Crippen molar-refractivity contribution in [1.82, 2.24) is 19.7 Å². The van der Waals surface area contributed by atoms with Crippen molar-refractivity contribution in [3.05, 3.63) is 6.20 Å². The van der Waals surface area contributed by atoms with Crippen LogP contribution in [0.1, 0.15) is 26.7 Å². The molecule has 0 radical (unpaired) electrons. The van der Waals surface area contributed by atoms with Crippen molar-refractivity contribution in [2.24, 2.45) is 11.5 Å². The molecule has 11 nitrogen and oxygen atoms in total. The number of carbonyl (C=O) groups excluding carboxylic acids is 2. The lowest BCUT2D eigenvalue weighted by atomic mass is 10.3. The Morgan fingerprint density at radius 1 is 1.17 bits per heavy atom. The van der Waals surface area contributed by atoms with Crippen LogP contribution < -0.4 is 11.5 Å². The molecule has 2 aromatic rings. The van der Waals surface area contributed by atoms with E-state index in [1.165, 1.54) is 16.4 Å². The third-order valence-corrected chi connectivity index (χ3v) is 6.68. The molecule has 0 aliphatic rings. The lowest BCUT2D eigenvalue weighted by Gasteiger charge is -2.14. The number of fused-ring (bicyclic) bond motifs is 1. The third kappa shape index (κ3) is 6.28. The molecule has 3 atom stereocenters. The number of nitrogens with two attached hydrogens (primary N) is 2. The molecule has 0 bridgehead atoms. The summed E-state index contributed by atoms with van der Waals surface area (Å²) in [5, 5.41) is 23.0. The fraction of sp³-hybridized carbons (Fsp3) is 0.588. The first-order valence-electron chi connectivity index (χ1n) is 9.32. The maximum absolute atomic E-state index is 11.7. The second kappa shape index (κ2) is 11.5. The van der Waals surface area contributed by atoms with E-state index in [1.807, 2.05) is 13.8 Å². The molecule has 30 heavy (non-hydrogen) atoms. The van der Waals surface area contributed by atoms with Gasteiger partial charge in [0.2, 0.25) is 11.8 Å². The van der Waals surface area contributed by atoms with Gasteiger partial charge in [0.05, 0.1) is 35.3 Å². The fourth-order valence-corrected chi connectivity index (χ4v) is 4.26. The van der Waals surface area contributed by atoms with Gasteiger partial charge in [0.15, 0.2) is 10.8 Å². The van der Waals surface area contributed by atoms with Gasteiger partial charge < -0.3 is 26.4 Å². The van der Waals surface area contributed by atoms with Crippen LogP contribution in [0.3, 0.4) is 0 Å².